The van der Waals surface area contributed by atoms with Crippen LogP contribution in [-0.2, 0) is 0 Å². The maximum atomic E-state index is 9.86. The van der Waals surface area contributed by atoms with Crippen LogP contribution < -0.4 is 0 Å². The second-order valence-electron chi connectivity index (χ2n) is 25.2. The average molecular weight is 1310 g/mol. The minimum atomic E-state index is 0.512. The zero-order chi connectivity index (χ0) is 69.6. The van der Waals surface area contributed by atoms with Gasteiger partial charge in [-0.15, -0.1) is 0 Å². The van der Waals surface area contributed by atoms with Gasteiger partial charge in [0.2, 0.25) is 0 Å². The van der Waals surface area contributed by atoms with E-state index in [1.807, 2.05) is 149 Å². The maximum absolute atomic E-state index is 9.86. The molecule has 0 N–H and O–H groups in total. The molecule has 17 rings (SSSR count). The lowest BCUT2D eigenvalue weighted by Gasteiger charge is -2.15. The molecule has 0 spiro atoms. The van der Waals surface area contributed by atoms with Gasteiger partial charge in [0.25, 0.3) is 0 Å². The van der Waals surface area contributed by atoms with Gasteiger partial charge >= 0.3 is 0 Å². The van der Waals surface area contributed by atoms with E-state index in [1.54, 1.807) is 0 Å². The second kappa shape index (κ2) is 26.4. The molecule has 0 aliphatic carbocycles. The Balaban J connectivity index is 0.000000125. The van der Waals surface area contributed by atoms with Crippen molar-refractivity contribution in [2.45, 2.75) is 55.4 Å². The number of benzene rings is 11. The molecular formula is C86H63N15. The molecule has 6 aromatic heterocycles. The highest BCUT2D eigenvalue weighted by Gasteiger charge is 2.24. The smallest absolute Gasteiger partial charge is 0.166 e. The number of hydrogen-bond acceptors (Lipinski definition) is 12. The maximum Gasteiger partial charge on any atom is 0.166 e. The van der Waals surface area contributed by atoms with Crippen molar-refractivity contribution < 1.29 is 0 Å². The fraction of sp³-hybridized carbons (Fsp3) is 0.0930. The summed E-state index contributed by atoms with van der Waals surface area (Å²) < 4.78 is 6.74. The van der Waals surface area contributed by atoms with Gasteiger partial charge < -0.3 is 13.7 Å². The second-order valence-corrected chi connectivity index (χ2v) is 25.2. The largest absolute Gasteiger partial charge is 0.309 e. The first kappa shape index (κ1) is 63.4. The Morgan fingerprint density at radius 3 is 0.931 bits per heavy atom. The lowest BCUT2D eigenvalue weighted by atomic mass is 10.1. The van der Waals surface area contributed by atoms with E-state index in [0.29, 0.717) is 69.1 Å². The van der Waals surface area contributed by atoms with Gasteiger partial charge in [-0.3, -0.25) is 0 Å². The number of rotatable bonds is 8. The molecule has 0 aliphatic rings. The minimum Gasteiger partial charge on any atom is -0.309 e. The van der Waals surface area contributed by atoms with E-state index in [4.69, 9.17) is 15.0 Å². The molecule has 0 aliphatic heterocycles. The highest BCUT2D eigenvalue weighted by Crippen LogP contribution is 2.41. The molecule has 15 nitrogen and oxygen atoms in total. The van der Waals surface area contributed by atoms with Crippen LogP contribution in [0.1, 0.15) is 62.2 Å². The van der Waals surface area contributed by atoms with Crippen LogP contribution in [0.15, 0.2) is 237 Å². The fourth-order valence-electron chi connectivity index (χ4n) is 13.5. The lowest BCUT2D eigenvalue weighted by Crippen LogP contribution is -2.04. The van der Waals surface area contributed by atoms with Crippen LogP contribution in [0.3, 0.4) is 0 Å². The lowest BCUT2D eigenvalue weighted by molar-refractivity contribution is 0.926. The van der Waals surface area contributed by atoms with Crippen LogP contribution in [0.2, 0.25) is 0 Å². The number of nitriles is 3. The van der Waals surface area contributed by atoms with Gasteiger partial charge in [-0.05, 0) is 169 Å². The molecule has 482 valence electrons. The number of aromatic nitrogens is 12. The SMILES string of the molecule is Cc1ccc2c(c1)c1ccccc1n2-c1ccc(C#N)cc1-c1nc(-c2ccccc2)nc(-c2ccccc2)n1.Cc1ccc2c3ccc(C)cc3n(-c3ccc(C#N)cc3-c3nc(C)nc(C)n3)c2c1.Cc1ccc2c3ccccc3n(-c3ccc(C#N)cc3-c3nc(C)nc(C)n3)c2c1. The molecule has 0 fully saturated rings. The Labute approximate surface area is 583 Å². The summed E-state index contributed by atoms with van der Waals surface area (Å²) in [6.45, 7) is 15.8. The normalized spacial score (nSPS) is 11.1. The van der Waals surface area contributed by atoms with E-state index < -0.39 is 0 Å². The zero-order valence-electron chi connectivity index (χ0n) is 56.7. The Morgan fingerprint density at radius 1 is 0.238 bits per heavy atom. The standard InChI is InChI=1S/C35H23N5.C26H21N5.C25H19N5/c1-23-16-18-31-28(20-23)27-14-8-9-15-30(27)40(31)32-19-17-24(22-36)21-29(32)35-38-33(25-10-4-2-5-11-25)37-34(39-35)26-12-6-3-7-13-26;1-15-5-8-20-21-9-6-16(2)12-25(21)31(24(20)11-15)23-10-7-19(14-27)13-22(23)26-29-17(3)28-18(4)30-26;1-15-8-10-20-19-6-4-5-7-22(19)30(24(20)12-15)23-11-9-18(14-26)13-21(23)25-28-16(2)27-17(3)29-25/h2-21H,1H3;5-13H,1-4H3;4-13H,1-3H3. The molecular weight excluding hydrogens is 1240 g/mol. The van der Waals surface area contributed by atoms with Gasteiger partial charge in [0, 0.05) is 60.1 Å². The summed E-state index contributed by atoms with van der Waals surface area (Å²) in [6, 6.07) is 86.6. The minimum absolute atomic E-state index is 0.512. The number of fused-ring (bicyclic) bond motifs is 9. The Kier molecular flexibility index (Phi) is 16.6. The monoisotopic (exact) mass is 1310 g/mol. The topological polar surface area (TPSA) is 202 Å². The molecule has 11 aromatic carbocycles. The third kappa shape index (κ3) is 12.1. The van der Waals surface area contributed by atoms with E-state index in [1.165, 1.54) is 54.6 Å². The van der Waals surface area contributed by atoms with E-state index in [-0.39, 0.29) is 0 Å². The van der Waals surface area contributed by atoms with Crippen LogP contribution in [0.25, 0.3) is 139 Å². The third-order valence-electron chi connectivity index (χ3n) is 18.0. The van der Waals surface area contributed by atoms with Crippen molar-refractivity contribution in [3.63, 3.8) is 0 Å². The predicted octanol–water partition coefficient (Wildman–Crippen LogP) is 19.3. The average Bonchev–Trinajstić information content (AvgIpc) is 1.62. The molecule has 0 unspecified atom stereocenters. The van der Waals surface area contributed by atoms with Crippen molar-refractivity contribution >= 4 is 65.4 Å². The van der Waals surface area contributed by atoms with Gasteiger partial charge in [-0.1, -0.05) is 145 Å². The molecule has 101 heavy (non-hydrogen) atoms. The van der Waals surface area contributed by atoms with Crippen molar-refractivity contribution in [1.82, 2.24) is 58.6 Å². The number of para-hydroxylation sites is 2. The number of aryl methyl sites for hydroxylation is 8. The molecule has 15 heteroatoms. The molecule has 0 bridgehead atoms. The number of hydrogen-bond donors (Lipinski definition) is 0. The molecule has 17 aromatic rings. The summed E-state index contributed by atoms with van der Waals surface area (Å²) >= 11 is 0. The van der Waals surface area contributed by atoms with Gasteiger partial charge in [-0.25, -0.2) is 44.9 Å². The summed E-state index contributed by atoms with van der Waals surface area (Å²) in [4.78, 5) is 41.8. The van der Waals surface area contributed by atoms with E-state index in [2.05, 4.69) is 205 Å². The predicted molar refractivity (Wildman–Crippen MR) is 402 cm³/mol. The summed E-state index contributed by atoms with van der Waals surface area (Å²) in [5, 5.41) is 36.0. The van der Waals surface area contributed by atoms with Crippen molar-refractivity contribution in [3.05, 3.63) is 299 Å². The van der Waals surface area contributed by atoms with Crippen LogP contribution in [-0.4, -0.2) is 58.6 Å². The van der Waals surface area contributed by atoms with Crippen LogP contribution in [0.5, 0.6) is 0 Å². The van der Waals surface area contributed by atoms with Gasteiger partial charge in [0.15, 0.2) is 29.1 Å². The van der Waals surface area contributed by atoms with Crippen molar-refractivity contribution in [1.29, 1.82) is 15.8 Å². The molecule has 0 saturated carbocycles. The first-order valence-electron chi connectivity index (χ1n) is 33.1. The summed E-state index contributed by atoms with van der Waals surface area (Å²) in [5.41, 5.74) is 20.0. The first-order valence-corrected chi connectivity index (χ1v) is 33.1. The summed E-state index contributed by atoms with van der Waals surface area (Å²) in [6.07, 6.45) is 0. The van der Waals surface area contributed by atoms with E-state index in [0.717, 1.165) is 78.0 Å². The molecule has 0 radical (unpaired) electrons. The van der Waals surface area contributed by atoms with Crippen molar-refractivity contribution in [2.24, 2.45) is 0 Å². The van der Waals surface area contributed by atoms with Gasteiger partial charge in [0.05, 0.1) is 85.1 Å². The van der Waals surface area contributed by atoms with Crippen LogP contribution >= 0.6 is 0 Å². The van der Waals surface area contributed by atoms with E-state index >= 15 is 0 Å². The van der Waals surface area contributed by atoms with Crippen molar-refractivity contribution in [2.75, 3.05) is 0 Å². The van der Waals surface area contributed by atoms with Crippen LogP contribution in [0.4, 0.5) is 0 Å². The molecule has 0 amide bonds. The van der Waals surface area contributed by atoms with E-state index in [9.17, 15) is 15.8 Å². The number of nitrogens with zero attached hydrogens (tertiary/aromatic N) is 15. The summed E-state index contributed by atoms with van der Waals surface area (Å²) in [5.74, 6) is 5.45. The van der Waals surface area contributed by atoms with Crippen molar-refractivity contribution in [3.8, 4) is 92.2 Å². The fourth-order valence-corrected chi connectivity index (χ4v) is 13.5. The Morgan fingerprint density at radius 2 is 0.535 bits per heavy atom. The Bertz CT molecular complexity index is 6140. The first-order chi connectivity index (χ1) is 49.2. The van der Waals surface area contributed by atoms with Gasteiger partial charge in [-0.2, -0.15) is 15.8 Å². The third-order valence-corrected chi connectivity index (χ3v) is 18.0. The van der Waals surface area contributed by atoms with Gasteiger partial charge in [0.1, 0.15) is 23.3 Å². The molecule has 0 atom stereocenters. The molecule has 6 heterocycles. The highest BCUT2D eigenvalue weighted by molar-refractivity contribution is 6.12. The molecule has 0 saturated heterocycles. The summed E-state index contributed by atoms with van der Waals surface area (Å²) in [7, 11) is 0. The quantitative estimate of drug-likeness (QED) is 0.139. The Hall–Kier alpha value is -13.7. The highest BCUT2D eigenvalue weighted by atomic mass is 15.1. The van der Waals surface area contributed by atoms with Crippen LogP contribution in [0, 0.1) is 89.4 Å². The zero-order valence-corrected chi connectivity index (χ0v) is 56.7.